The number of nitrogens with one attached hydrogen (secondary N) is 1. The van der Waals surface area contributed by atoms with Crippen LogP contribution in [0.3, 0.4) is 0 Å². The van der Waals surface area contributed by atoms with Crippen LogP contribution in [0.5, 0.6) is 0 Å². The largest absolute Gasteiger partial charge is 0.465 e. The molecule has 1 aromatic carbocycles. The van der Waals surface area contributed by atoms with Gasteiger partial charge in [0.2, 0.25) is 0 Å². The normalized spacial score (nSPS) is 26.0. The number of amides is 1. The molecule has 3 rings (SSSR count). The van der Waals surface area contributed by atoms with Gasteiger partial charge in [0, 0.05) is 25.2 Å². The summed E-state index contributed by atoms with van der Waals surface area (Å²) in [6.07, 6.45) is 4.55. The number of carboxylic acid groups (broad SMARTS) is 1. The molecule has 1 aliphatic carbocycles. The maximum Gasteiger partial charge on any atom is 0.407 e. The number of hydrogen-bond donors (Lipinski definition) is 2. The van der Waals surface area contributed by atoms with E-state index in [1.165, 1.54) is 22.5 Å². The number of hydrogen-bond acceptors (Lipinski definition) is 2. The number of rotatable bonds is 4. The molecule has 0 radical (unpaired) electrons. The van der Waals surface area contributed by atoms with Crippen molar-refractivity contribution in [3.05, 3.63) is 41.5 Å². The highest BCUT2D eigenvalue weighted by atomic mass is 16.4. The fraction of sp³-hybridized carbons (Fsp3) is 0.500. The molecule has 1 aromatic rings. The van der Waals surface area contributed by atoms with E-state index in [0.717, 1.165) is 12.8 Å². The Morgan fingerprint density at radius 3 is 2.59 bits per heavy atom. The molecule has 2 fully saturated rings. The summed E-state index contributed by atoms with van der Waals surface area (Å²) in [6.45, 7) is 3.53. The molecule has 2 atom stereocenters. The van der Waals surface area contributed by atoms with Crippen molar-refractivity contribution >= 4 is 12.2 Å². The van der Waals surface area contributed by atoms with E-state index >= 15 is 0 Å². The SMILES string of the molecule is C/C(=C\c1ccccc1)C1CC1NC1CCN(C(=O)O)CC1. The Morgan fingerprint density at radius 1 is 1.27 bits per heavy atom. The van der Waals surface area contributed by atoms with Crippen LogP contribution in [-0.2, 0) is 0 Å². The molecule has 0 aromatic heterocycles. The van der Waals surface area contributed by atoms with Crippen LogP contribution in [0.4, 0.5) is 4.79 Å². The first-order chi connectivity index (χ1) is 10.6. The lowest BCUT2D eigenvalue weighted by Crippen LogP contribution is -2.45. The van der Waals surface area contributed by atoms with Crippen LogP contribution in [-0.4, -0.2) is 41.3 Å². The molecule has 22 heavy (non-hydrogen) atoms. The van der Waals surface area contributed by atoms with Crippen molar-refractivity contribution in [1.29, 1.82) is 0 Å². The third kappa shape index (κ3) is 3.69. The van der Waals surface area contributed by atoms with E-state index in [4.69, 9.17) is 5.11 Å². The Bertz CT molecular complexity index is 547. The molecule has 2 unspecified atom stereocenters. The molecule has 0 spiro atoms. The van der Waals surface area contributed by atoms with E-state index in [-0.39, 0.29) is 0 Å². The van der Waals surface area contributed by atoms with Crippen molar-refractivity contribution in [3.63, 3.8) is 0 Å². The average molecular weight is 300 g/mol. The zero-order valence-electron chi connectivity index (χ0n) is 13.0. The van der Waals surface area contributed by atoms with Crippen molar-refractivity contribution in [1.82, 2.24) is 10.2 Å². The summed E-state index contributed by atoms with van der Waals surface area (Å²) < 4.78 is 0. The highest BCUT2D eigenvalue weighted by Gasteiger charge is 2.39. The van der Waals surface area contributed by atoms with Crippen molar-refractivity contribution in [2.24, 2.45) is 5.92 Å². The Kier molecular flexibility index (Phi) is 4.48. The van der Waals surface area contributed by atoms with E-state index in [1.807, 2.05) is 6.07 Å². The molecule has 1 aliphatic heterocycles. The number of nitrogens with zero attached hydrogens (tertiary/aromatic N) is 1. The summed E-state index contributed by atoms with van der Waals surface area (Å²) in [5, 5.41) is 12.7. The minimum absolute atomic E-state index is 0.468. The van der Waals surface area contributed by atoms with Crippen molar-refractivity contribution in [2.45, 2.75) is 38.3 Å². The van der Waals surface area contributed by atoms with Gasteiger partial charge in [-0.15, -0.1) is 0 Å². The summed E-state index contributed by atoms with van der Waals surface area (Å²) in [7, 11) is 0. The van der Waals surface area contributed by atoms with E-state index in [2.05, 4.69) is 42.6 Å². The van der Waals surface area contributed by atoms with Crippen LogP contribution in [0.25, 0.3) is 6.08 Å². The minimum Gasteiger partial charge on any atom is -0.465 e. The molecule has 1 saturated heterocycles. The number of carbonyl (C=O) groups is 1. The van der Waals surface area contributed by atoms with Gasteiger partial charge in [0.25, 0.3) is 0 Å². The zero-order chi connectivity index (χ0) is 15.5. The molecule has 4 nitrogen and oxygen atoms in total. The van der Waals surface area contributed by atoms with Crippen LogP contribution < -0.4 is 5.32 Å². The minimum atomic E-state index is -0.788. The van der Waals surface area contributed by atoms with E-state index in [9.17, 15) is 4.79 Å². The lowest BCUT2D eigenvalue weighted by Gasteiger charge is -2.30. The Morgan fingerprint density at radius 2 is 1.95 bits per heavy atom. The summed E-state index contributed by atoms with van der Waals surface area (Å²) in [5.74, 6) is 0.637. The topological polar surface area (TPSA) is 52.6 Å². The van der Waals surface area contributed by atoms with Crippen LogP contribution >= 0.6 is 0 Å². The van der Waals surface area contributed by atoms with Gasteiger partial charge in [-0.2, -0.15) is 0 Å². The van der Waals surface area contributed by atoms with Gasteiger partial charge < -0.3 is 15.3 Å². The Balaban J connectivity index is 1.47. The summed E-state index contributed by atoms with van der Waals surface area (Å²) in [5.41, 5.74) is 2.70. The molecular formula is C18H24N2O2. The average Bonchev–Trinajstić information content (AvgIpc) is 3.28. The Hall–Kier alpha value is -1.81. The van der Waals surface area contributed by atoms with Gasteiger partial charge in [0.05, 0.1) is 0 Å². The zero-order valence-corrected chi connectivity index (χ0v) is 13.0. The van der Waals surface area contributed by atoms with Gasteiger partial charge in [0.1, 0.15) is 0 Å². The van der Waals surface area contributed by atoms with Crippen molar-refractivity contribution < 1.29 is 9.90 Å². The lowest BCUT2D eigenvalue weighted by atomic mass is 10.0. The number of benzene rings is 1. The molecule has 2 N–H and O–H groups in total. The van der Waals surface area contributed by atoms with Crippen LogP contribution in [0, 0.1) is 5.92 Å². The van der Waals surface area contributed by atoms with Gasteiger partial charge >= 0.3 is 6.09 Å². The molecule has 118 valence electrons. The standard InChI is InChI=1S/C18H24N2O2/c1-13(11-14-5-3-2-4-6-14)16-12-17(16)19-15-7-9-20(10-8-15)18(21)22/h2-6,11,15-17,19H,7-10,12H2,1H3,(H,21,22)/b13-11+. The fourth-order valence-corrected chi connectivity index (χ4v) is 3.34. The molecule has 1 amide bonds. The second kappa shape index (κ2) is 6.53. The van der Waals surface area contributed by atoms with Gasteiger partial charge in [-0.25, -0.2) is 4.79 Å². The maximum absolute atomic E-state index is 10.9. The first-order valence-corrected chi connectivity index (χ1v) is 8.10. The smallest absolute Gasteiger partial charge is 0.407 e. The van der Waals surface area contributed by atoms with Crippen LogP contribution in [0.1, 0.15) is 31.7 Å². The number of likely N-dealkylation sites (tertiary alicyclic amines) is 1. The molecule has 2 aliphatic rings. The van der Waals surface area contributed by atoms with Crippen LogP contribution in [0.2, 0.25) is 0 Å². The first-order valence-electron chi connectivity index (χ1n) is 8.10. The molecule has 4 heteroatoms. The molecular weight excluding hydrogens is 276 g/mol. The number of piperidine rings is 1. The summed E-state index contributed by atoms with van der Waals surface area (Å²) >= 11 is 0. The highest BCUT2D eigenvalue weighted by molar-refractivity contribution is 5.65. The molecule has 1 heterocycles. The second-order valence-electron chi connectivity index (χ2n) is 6.46. The fourth-order valence-electron chi connectivity index (χ4n) is 3.34. The summed E-state index contributed by atoms with van der Waals surface area (Å²) in [4.78, 5) is 12.4. The van der Waals surface area contributed by atoms with Gasteiger partial charge in [0.15, 0.2) is 0 Å². The van der Waals surface area contributed by atoms with Gasteiger partial charge in [-0.1, -0.05) is 42.0 Å². The summed E-state index contributed by atoms with van der Waals surface area (Å²) in [6, 6.07) is 11.5. The Labute approximate surface area is 131 Å². The van der Waals surface area contributed by atoms with E-state index < -0.39 is 6.09 Å². The molecule has 1 saturated carbocycles. The van der Waals surface area contributed by atoms with Crippen molar-refractivity contribution in [2.75, 3.05) is 13.1 Å². The maximum atomic E-state index is 10.9. The second-order valence-corrected chi connectivity index (χ2v) is 6.46. The van der Waals surface area contributed by atoms with E-state index in [0.29, 0.717) is 31.1 Å². The third-order valence-electron chi connectivity index (χ3n) is 4.78. The third-order valence-corrected chi connectivity index (χ3v) is 4.78. The quantitative estimate of drug-likeness (QED) is 0.897. The van der Waals surface area contributed by atoms with Crippen LogP contribution in [0.15, 0.2) is 35.9 Å². The van der Waals surface area contributed by atoms with Gasteiger partial charge in [-0.3, -0.25) is 0 Å². The first kappa shape index (κ1) is 15.1. The van der Waals surface area contributed by atoms with Gasteiger partial charge in [-0.05, 0) is 37.7 Å². The van der Waals surface area contributed by atoms with E-state index in [1.54, 1.807) is 0 Å². The highest BCUT2D eigenvalue weighted by Crippen LogP contribution is 2.38. The monoisotopic (exact) mass is 300 g/mol. The predicted octanol–water partition coefficient (Wildman–Crippen LogP) is 3.21. The van der Waals surface area contributed by atoms with Crippen molar-refractivity contribution in [3.8, 4) is 0 Å². The molecule has 0 bridgehead atoms. The lowest BCUT2D eigenvalue weighted by molar-refractivity contribution is 0.128. The predicted molar refractivity (Wildman–Crippen MR) is 87.7 cm³/mol.